The van der Waals surface area contributed by atoms with E-state index in [1.165, 1.54) is 5.56 Å². The SMILES string of the molecule is CC(C)NCCCc1cnn(-c2ccccn2)c1. The van der Waals surface area contributed by atoms with Crippen molar-refractivity contribution in [1.82, 2.24) is 20.1 Å². The molecule has 4 nitrogen and oxygen atoms in total. The molecule has 0 aliphatic carbocycles. The maximum absolute atomic E-state index is 4.33. The standard InChI is InChI=1S/C14H20N4/c1-12(2)15-9-5-6-13-10-17-18(11-13)14-7-3-4-8-16-14/h3-4,7-8,10-12,15H,5-6,9H2,1-2H3. The molecule has 2 heterocycles. The van der Waals surface area contributed by atoms with Crippen LogP contribution in [-0.2, 0) is 6.42 Å². The molecule has 0 atom stereocenters. The molecule has 0 saturated heterocycles. The number of aromatic nitrogens is 3. The van der Waals surface area contributed by atoms with Gasteiger partial charge in [-0.15, -0.1) is 0 Å². The van der Waals surface area contributed by atoms with Crippen LogP contribution in [-0.4, -0.2) is 27.4 Å². The van der Waals surface area contributed by atoms with E-state index in [1.54, 1.807) is 6.20 Å². The van der Waals surface area contributed by atoms with Gasteiger partial charge in [0.25, 0.3) is 0 Å². The molecule has 0 radical (unpaired) electrons. The minimum atomic E-state index is 0.557. The normalized spacial score (nSPS) is 11.1. The van der Waals surface area contributed by atoms with Gasteiger partial charge < -0.3 is 5.32 Å². The molecule has 2 rings (SSSR count). The maximum Gasteiger partial charge on any atom is 0.153 e. The summed E-state index contributed by atoms with van der Waals surface area (Å²) < 4.78 is 1.82. The molecule has 18 heavy (non-hydrogen) atoms. The van der Waals surface area contributed by atoms with Gasteiger partial charge in [0.05, 0.1) is 6.20 Å². The van der Waals surface area contributed by atoms with Crippen LogP contribution in [0.25, 0.3) is 5.82 Å². The predicted octanol–water partition coefficient (Wildman–Crippen LogP) is 2.20. The van der Waals surface area contributed by atoms with Crippen molar-refractivity contribution in [2.24, 2.45) is 0 Å². The second kappa shape index (κ2) is 6.31. The Morgan fingerprint density at radius 1 is 1.33 bits per heavy atom. The second-order valence-electron chi connectivity index (χ2n) is 4.69. The van der Waals surface area contributed by atoms with Crippen LogP contribution in [0.4, 0.5) is 0 Å². The summed E-state index contributed by atoms with van der Waals surface area (Å²) in [7, 11) is 0. The third-order valence-electron chi connectivity index (χ3n) is 2.71. The quantitative estimate of drug-likeness (QED) is 0.792. The summed E-state index contributed by atoms with van der Waals surface area (Å²) >= 11 is 0. The lowest BCUT2D eigenvalue weighted by Crippen LogP contribution is -2.23. The summed E-state index contributed by atoms with van der Waals surface area (Å²) in [6, 6.07) is 6.39. The fraction of sp³-hybridized carbons (Fsp3) is 0.429. The van der Waals surface area contributed by atoms with E-state index in [0.717, 1.165) is 25.2 Å². The lowest BCUT2D eigenvalue weighted by Gasteiger charge is -2.06. The highest BCUT2D eigenvalue weighted by molar-refractivity contribution is 5.22. The zero-order valence-electron chi connectivity index (χ0n) is 11.0. The average molecular weight is 244 g/mol. The van der Waals surface area contributed by atoms with Crippen LogP contribution in [0.2, 0.25) is 0 Å². The second-order valence-corrected chi connectivity index (χ2v) is 4.69. The van der Waals surface area contributed by atoms with Gasteiger partial charge in [0.15, 0.2) is 5.82 Å². The first-order valence-electron chi connectivity index (χ1n) is 6.44. The third kappa shape index (κ3) is 3.67. The largest absolute Gasteiger partial charge is 0.315 e. The van der Waals surface area contributed by atoms with E-state index in [4.69, 9.17) is 0 Å². The van der Waals surface area contributed by atoms with Crippen LogP contribution in [0.3, 0.4) is 0 Å². The Kier molecular flexibility index (Phi) is 4.47. The number of nitrogens with one attached hydrogen (secondary N) is 1. The Morgan fingerprint density at radius 3 is 2.94 bits per heavy atom. The fourth-order valence-electron chi connectivity index (χ4n) is 1.79. The van der Waals surface area contributed by atoms with Crippen LogP contribution in [0.1, 0.15) is 25.8 Å². The lowest BCUT2D eigenvalue weighted by atomic mass is 10.2. The van der Waals surface area contributed by atoms with Crippen LogP contribution in [0.15, 0.2) is 36.8 Å². The molecule has 2 aromatic heterocycles. The van der Waals surface area contributed by atoms with Crippen molar-refractivity contribution in [3.8, 4) is 5.82 Å². The van der Waals surface area contributed by atoms with Crippen molar-refractivity contribution in [2.75, 3.05) is 6.54 Å². The van der Waals surface area contributed by atoms with Crippen molar-refractivity contribution >= 4 is 0 Å². The van der Waals surface area contributed by atoms with Gasteiger partial charge in [-0.2, -0.15) is 5.10 Å². The minimum absolute atomic E-state index is 0.557. The van der Waals surface area contributed by atoms with Gasteiger partial charge >= 0.3 is 0 Å². The summed E-state index contributed by atoms with van der Waals surface area (Å²) in [6.07, 6.45) is 7.93. The van der Waals surface area contributed by atoms with Crippen LogP contribution in [0, 0.1) is 0 Å². The molecule has 4 heteroatoms. The molecule has 0 aromatic carbocycles. The Bertz CT molecular complexity index is 462. The van der Waals surface area contributed by atoms with Crippen LogP contribution < -0.4 is 5.32 Å². The smallest absolute Gasteiger partial charge is 0.153 e. The Balaban J connectivity index is 1.87. The van der Waals surface area contributed by atoms with Crippen molar-refractivity contribution in [1.29, 1.82) is 0 Å². The number of hydrogen-bond acceptors (Lipinski definition) is 3. The van der Waals surface area contributed by atoms with E-state index in [1.807, 2.05) is 29.1 Å². The highest BCUT2D eigenvalue weighted by Crippen LogP contribution is 2.06. The highest BCUT2D eigenvalue weighted by atomic mass is 15.3. The molecule has 0 bridgehead atoms. The molecule has 0 aliphatic heterocycles. The monoisotopic (exact) mass is 244 g/mol. The van der Waals surface area contributed by atoms with Gasteiger partial charge in [-0.25, -0.2) is 9.67 Å². The summed E-state index contributed by atoms with van der Waals surface area (Å²) in [5, 5.41) is 7.75. The van der Waals surface area contributed by atoms with E-state index < -0.39 is 0 Å². The Hall–Kier alpha value is -1.68. The number of rotatable bonds is 6. The van der Waals surface area contributed by atoms with Crippen molar-refractivity contribution in [3.63, 3.8) is 0 Å². The molecule has 0 amide bonds. The summed E-state index contributed by atoms with van der Waals surface area (Å²) in [4.78, 5) is 4.27. The molecule has 0 aliphatic rings. The third-order valence-corrected chi connectivity index (χ3v) is 2.71. The average Bonchev–Trinajstić information content (AvgIpc) is 2.84. The van der Waals surface area contributed by atoms with Crippen LogP contribution in [0.5, 0.6) is 0 Å². The van der Waals surface area contributed by atoms with Gasteiger partial charge in [0.1, 0.15) is 0 Å². The van der Waals surface area contributed by atoms with Gasteiger partial charge in [0, 0.05) is 18.4 Å². The molecule has 0 saturated carbocycles. The van der Waals surface area contributed by atoms with Gasteiger partial charge in [-0.1, -0.05) is 19.9 Å². The van der Waals surface area contributed by atoms with Gasteiger partial charge in [-0.05, 0) is 37.1 Å². The lowest BCUT2D eigenvalue weighted by molar-refractivity contribution is 0.570. The highest BCUT2D eigenvalue weighted by Gasteiger charge is 2.01. The summed E-state index contributed by atoms with van der Waals surface area (Å²) in [6.45, 7) is 5.38. The zero-order valence-corrected chi connectivity index (χ0v) is 11.0. The first-order valence-corrected chi connectivity index (χ1v) is 6.44. The topological polar surface area (TPSA) is 42.7 Å². The Labute approximate surface area is 108 Å². The van der Waals surface area contributed by atoms with E-state index in [-0.39, 0.29) is 0 Å². The molecule has 0 fully saturated rings. The first-order chi connectivity index (χ1) is 8.75. The first kappa shape index (κ1) is 12.8. The molecular weight excluding hydrogens is 224 g/mol. The van der Waals surface area contributed by atoms with E-state index in [2.05, 4.69) is 35.4 Å². The minimum Gasteiger partial charge on any atom is -0.315 e. The number of pyridine rings is 1. The van der Waals surface area contributed by atoms with E-state index >= 15 is 0 Å². The zero-order chi connectivity index (χ0) is 12.8. The number of hydrogen-bond donors (Lipinski definition) is 1. The van der Waals surface area contributed by atoms with Crippen molar-refractivity contribution < 1.29 is 0 Å². The number of nitrogens with zero attached hydrogens (tertiary/aromatic N) is 3. The molecule has 2 aromatic rings. The maximum atomic E-state index is 4.33. The molecule has 1 N–H and O–H groups in total. The van der Waals surface area contributed by atoms with Crippen LogP contribution >= 0.6 is 0 Å². The Morgan fingerprint density at radius 2 is 2.22 bits per heavy atom. The fourth-order valence-corrected chi connectivity index (χ4v) is 1.79. The predicted molar refractivity (Wildman–Crippen MR) is 72.8 cm³/mol. The van der Waals surface area contributed by atoms with E-state index in [0.29, 0.717) is 6.04 Å². The number of aryl methyl sites for hydroxylation is 1. The van der Waals surface area contributed by atoms with Gasteiger partial charge in [0.2, 0.25) is 0 Å². The molecular formula is C14H20N4. The van der Waals surface area contributed by atoms with Gasteiger partial charge in [-0.3, -0.25) is 0 Å². The van der Waals surface area contributed by atoms with Crippen molar-refractivity contribution in [3.05, 3.63) is 42.4 Å². The van der Waals surface area contributed by atoms with Crippen molar-refractivity contribution in [2.45, 2.75) is 32.7 Å². The summed E-state index contributed by atoms with van der Waals surface area (Å²) in [5.74, 6) is 0.865. The molecule has 96 valence electrons. The molecule has 0 unspecified atom stereocenters. The molecule has 0 spiro atoms. The summed E-state index contributed by atoms with van der Waals surface area (Å²) in [5.41, 5.74) is 1.26. The van der Waals surface area contributed by atoms with E-state index in [9.17, 15) is 0 Å².